The second-order valence-electron chi connectivity index (χ2n) is 7.13. The number of hydrazine groups is 1. The van der Waals surface area contributed by atoms with Crippen molar-refractivity contribution in [2.75, 3.05) is 10.2 Å². The van der Waals surface area contributed by atoms with Crippen LogP contribution in [0.15, 0.2) is 71.6 Å². The minimum absolute atomic E-state index is 0.00673. The highest BCUT2D eigenvalue weighted by Crippen LogP contribution is 2.33. The fourth-order valence-electron chi connectivity index (χ4n) is 3.35. The minimum Gasteiger partial charge on any atom is -0.307 e. The van der Waals surface area contributed by atoms with Crippen LogP contribution in [-0.4, -0.2) is 26.3 Å². The van der Waals surface area contributed by atoms with E-state index in [-0.39, 0.29) is 16.0 Å². The lowest BCUT2D eigenvalue weighted by atomic mass is 10.1. The summed E-state index contributed by atoms with van der Waals surface area (Å²) in [6.45, 7) is 1.67. The van der Waals surface area contributed by atoms with Crippen LogP contribution in [0.4, 0.5) is 16.2 Å². The smallest absolute Gasteiger partial charge is 0.307 e. The van der Waals surface area contributed by atoms with Crippen LogP contribution in [0.3, 0.4) is 0 Å². The summed E-state index contributed by atoms with van der Waals surface area (Å²) in [6, 6.07) is 15.8. The van der Waals surface area contributed by atoms with Crippen LogP contribution in [0.1, 0.15) is 26.3 Å². The third-order valence-corrected chi connectivity index (χ3v) is 6.40. The second kappa shape index (κ2) is 8.66. The number of amides is 4. The number of benzene rings is 3. The quantitative estimate of drug-likeness (QED) is 0.378. The zero-order valence-electron chi connectivity index (χ0n) is 17.1. The maximum absolute atomic E-state index is 12.8. The molecule has 0 saturated heterocycles. The van der Waals surface area contributed by atoms with Crippen molar-refractivity contribution in [3.8, 4) is 0 Å². The fourth-order valence-corrected chi connectivity index (χ4v) is 4.38. The molecule has 4 rings (SSSR count). The predicted molar refractivity (Wildman–Crippen MR) is 123 cm³/mol. The van der Waals surface area contributed by atoms with E-state index in [2.05, 4.69) is 10.7 Å². The zero-order valence-corrected chi connectivity index (χ0v) is 18.7. The summed E-state index contributed by atoms with van der Waals surface area (Å²) in [5.74, 6) is -0.960. The van der Waals surface area contributed by atoms with Crippen molar-refractivity contribution in [1.82, 2.24) is 10.3 Å². The van der Waals surface area contributed by atoms with Crippen molar-refractivity contribution in [2.45, 2.75) is 11.8 Å². The lowest BCUT2D eigenvalue weighted by Gasteiger charge is -2.18. The summed E-state index contributed by atoms with van der Waals surface area (Å²) in [5.41, 5.74) is 3.77. The van der Waals surface area contributed by atoms with Crippen LogP contribution in [0, 0.1) is 6.92 Å². The van der Waals surface area contributed by atoms with Gasteiger partial charge >= 0.3 is 6.03 Å². The van der Waals surface area contributed by atoms with Gasteiger partial charge in [0.1, 0.15) is 0 Å². The molecule has 1 aliphatic heterocycles. The molecule has 4 amide bonds. The number of halogens is 1. The van der Waals surface area contributed by atoms with E-state index in [4.69, 9.17) is 11.6 Å². The van der Waals surface area contributed by atoms with Gasteiger partial charge < -0.3 is 5.32 Å². The molecule has 3 aromatic rings. The largest absolute Gasteiger partial charge is 0.334 e. The third-order valence-electron chi connectivity index (χ3n) is 4.90. The number of nitrogens with one attached hydrogen (secondary N) is 3. The Hall–Kier alpha value is -3.73. The summed E-state index contributed by atoms with van der Waals surface area (Å²) in [4.78, 5) is 40.7. The summed E-state index contributed by atoms with van der Waals surface area (Å²) in [6.07, 6.45) is 0. The average molecular weight is 485 g/mol. The Bertz CT molecular complexity index is 1390. The van der Waals surface area contributed by atoms with Gasteiger partial charge in [0.25, 0.3) is 21.8 Å². The molecule has 1 heterocycles. The van der Waals surface area contributed by atoms with E-state index in [1.807, 2.05) is 4.83 Å². The Labute approximate surface area is 194 Å². The van der Waals surface area contributed by atoms with Crippen LogP contribution >= 0.6 is 11.6 Å². The second-order valence-corrected chi connectivity index (χ2v) is 9.25. The van der Waals surface area contributed by atoms with Crippen LogP contribution in [-0.2, 0) is 10.0 Å². The Kier molecular flexibility index (Phi) is 5.90. The van der Waals surface area contributed by atoms with Crippen LogP contribution < -0.4 is 20.5 Å². The first kappa shape index (κ1) is 22.5. The number of nitrogens with zero attached hydrogens (tertiary/aromatic N) is 1. The highest BCUT2D eigenvalue weighted by atomic mass is 35.5. The monoisotopic (exact) mass is 484 g/mol. The number of imide groups is 1. The van der Waals surface area contributed by atoms with Crippen LogP contribution in [0.2, 0.25) is 5.02 Å². The summed E-state index contributed by atoms with van der Waals surface area (Å²) in [7, 11) is -3.93. The van der Waals surface area contributed by atoms with E-state index < -0.39 is 27.9 Å². The maximum atomic E-state index is 12.8. The van der Waals surface area contributed by atoms with Gasteiger partial charge in [0.05, 0.1) is 21.7 Å². The minimum atomic E-state index is -3.93. The van der Waals surface area contributed by atoms with Gasteiger partial charge in [-0.05, 0) is 61.0 Å². The lowest BCUT2D eigenvalue weighted by molar-refractivity contribution is 0.0926. The van der Waals surface area contributed by atoms with E-state index in [1.165, 1.54) is 36.4 Å². The molecule has 0 aliphatic carbocycles. The summed E-state index contributed by atoms with van der Waals surface area (Å²) < 4.78 is 24.4. The number of anilines is 2. The number of carbonyl (C=O) groups is 3. The average Bonchev–Trinajstić information content (AvgIpc) is 3.03. The van der Waals surface area contributed by atoms with Crippen molar-refractivity contribution in [3.05, 3.63) is 88.4 Å². The Morgan fingerprint density at radius 3 is 2.30 bits per heavy atom. The first-order chi connectivity index (χ1) is 15.7. The van der Waals surface area contributed by atoms with Crippen molar-refractivity contribution in [2.24, 2.45) is 0 Å². The Morgan fingerprint density at radius 2 is 1.61 bits per heavy atom. The Morgan fingerprint density at radius 1 is 0.909 bits per heavy atom. The van der Waals surface area contributed by atoms with E-state index in [1.54, 1.807) is 37.3 Å². The standard InChI is InChI=1S/C22H17ClN4O5S/c1-13-11-15(24-22(30)25-26-33(31,32)16-5-3-2-4-6-16)8-10-19(13)27-20(28)17-9-7-14(23)12-18(17)21(27)29/h2-12,26H,1H3,(H2,24,25,30). The number of fused-ring (bicyclic) bond motifs is 1. The molecule has 3 N–H and O–H groups in total. The molecule has 11 heteroatoms. The van der Waals surface area contributed by atoms with Gasteiger partial charge in [-0.2, -0.15) is 0 Å². The summed E-state index contributed by atoms with van der Waals surface area (Å²) in [5, 5.41) is 2.84. The topological polar surface area (TPSA) is 125 Å². The Balaban J connectivity index is 1.46. The molecule has 0 saturated carbocycles. The van der Waals surface area contributed by atoms with Crippen LogP contribution in [0.5, 0.6) is 0 Å². The maximum Gasteiger partial charge on any atom is 0.334 e. The van der Waals surface area contributed by atoms with Crippen molar-refractivity contribution < 1.29 is 22.8 Å². The number of aryl methyl sites for hydroxylation is 1. The molecule has 9 nitrogen and oxygen atoms in total. The molecule has 3 aromatic carbocycles. The molecule has 0 atom stereocenters. The number of rotatable bonds is 5. The van der Waals surface area contributed by atoms with Gasteiger partial charge in [0.2, 0.25) is 0 Å². The molecule has 0 radical (unpaired) electrons. The van der Waals surface area contributed by atoms with Crippen molar-refractivity contribution in [3.63, 3.8) is 0 Å². The van der Waals surface area contributed by atoms with E-state index in [0.29, 0.717) is 22.0 Å². The number of hydrogen-bond acceptors (Lipinski definition) is 5. The molecular formula is C22H17ClN4O5S. The van der Waals surface area contributed by atoms with Gasteiger partial charge in [-0.3, -0.25) is 15.0 Å². The van der Waals surface area contributed by atoms with Gasteiger partial charge in [0, 0.05) is 10.7 Å². The highest BCUT2D eigenvalue weighted by molar-refractivity contribution is 7.89. The molecule has 0 bridgehead atoms. The molecule has 1 aliphatic rings. The van der Waals surface area contributed by atoms with Crippen LogP contribution in [0.25, 0.3) is 0 Å². The molecule has 33 heavy (non-hydrogen) atoms. The first-order valence-electron chi connectivity index (χ1n) is 9.60. The molecule has 168 valence electrons. The number of carbonyl (C=O) groups excluding carboxylic acids is 3. The number of sulfonamides is 1. The lowest BCUT2D eigenvalue weighted by Crippen LogP contribution is -2.43. The van der Waals surface area contributed by atoms with E-state index >= 15 is 0 Å². The van der Waals surface area contributed by atoms with Crippen molar-refractivity contribution in [1.29, 1.82) is 0 Å². The molecular weight excluding hydrogens is 468 g/mol. The molecule has 0 unspecified atom stereocenters. The van der Waals surface area contributed by atoms with Crippen molar-refractivity contribution >= 4 is 50.8 Å². The number of hydrogen-bond donors (Lipinski definition) is 3. The van der Waals surface area contributed by atoms with E-state index in [0.717, 1.165) is 4.90 Å². The molecule has 0 spiro atoms. The fraction of sp³-hybridized carbons (Fsp3) is 0.0455. The third kappa shape index (κ3) is 4.44. The highest BCUT2D eigenvalue weighted by Gasteiger charge is 2.37. The zero-order chi connectivity index (χ0) is 23.8. The normalized spacial score (nSPS) is 13.1. The summed E-state index contributed by atoms with van der Waals surface area (Å²) >= 11 is 5.95. The van der Waals surface area contributed by atoms with Gasteiger partial charge in [-0.1, -0.05) is 29.8 Å². The molecule has 0 aromatic heterocycles. The van der Waals surface area contributed by atoms with E-state index in [9.17, 15) is 22.8 Å². The molecule has 0 fully saturated rings. The van der Waals surface area contributed by atoms with Gasteiger partial charge in [-0.25, -0.2) is 18.1 Å². The van der Waals surface area contributed by atoms with Gasteiger partial charge in [0.15, 0.2) is 0 Å². The SMILES string of the molecule is Cc1cc(NC(=O)NNS(=O)(=O)c2ccccc2)ccc1N1C(=O)c2ccc(Cl)cc2C1=O. The number of urea groups is 1. The van der Waals surface area contributed by atoms with Gasteiger partial charge in [-0.15, -0.1) is 4.83 Å². The predicted octanol–water partition coefficient (Wildman–Crippen LogP) is 3.46. The first-order valence-corrected chi connectivity index (χ1v) is 11.5.